The minimum atomic E-state index is -0.348. The molecular weight excluding hydrogens is 176 g/mol. The molecule has 2 fully saturated rings. The molecule has 0 N–H and O–H groups in total. The largest absolute Gasteiger partial charge is 0.416 e. The Morgan fingerprint density at radius 3 is 2.69 bits per heavy atom. The molecule has 2 bridgehead atoms. The zero-order chi connectivity index (χ0) is 9.26. The van der Waals surface area contributed by atoms with Crippen molar-refractivity contribution in [2.45, 2.75) is 45.6 Å². The summed E-state index contributed by atoms with van der Waals surface area (Å²) in [6.45, 7) is 4.33. The smallest absolute Gasteiger partial charge is 0.185 e. The van der Waals surface area contributed by atoms with Crippen LogP contribution in [0.2, 0.25) is 0 Å². The van der Waals surface area contributed by atoms with E-state index in [4.69, 9.17) is 4.43 Å². The van der Waals surface area contributed by atoms with Crippen molar-refractivity contribution in [2.24, 2.45) is 11.8 Å². The Hall–Kier alpha value is -0.0831. The van der Waals surface area contributed by atoms with Crippen LogP contribution in [0.3, 0.4) is 0 Å². The summed E-state index contributed by atoms with van der Waals surface area (Å²) in [5.74, 6) is 1.96. The number of hydrogen-bond donors (Lipinski definition) is 0. The lowest BCUT2D eigenvalue weighted by Gasteiger charge is -2.21. The van der Waals surface area contributed by atoms with Gasteiger partial charge in [0.05, 0.1) is 0 Å². The van der Waals surface area contributed by atoms with Gasteiger partial charge in [0, 0.05) is 6.10 Å². The minimum absolute atomic E-state index is 0.348. The van der Waals surface area contributed by atoms with E-state index in [-0.39, 0.29) is 9.76 Å². The molecule has 0 aromatic rings. The fraction of sp³-hybridized carbons (Fsp3) is 0.818. The normalized spacial score (nSPS) is 37.5. The lowest BCUT2D eigenvalue weighted by molar-refractivity contribution is 0.147. The van der Waals surface area contributed by atoms with Crippen LogP contribution < -0.4 is 0 Å². The molecular formula is C11H20OSi. The van der Waals surface area contributed by atoms with Crippen LogP contribution in [-0.4, -0.2) is 15.9 Å². The fourth-order valence-corrected chi connectivity index (χ4v) is 3.81. The zero-order valence-electron chi connectivity index (χ0n) is 8.75. The van der Waals surface area contributed by atoms with Crippen molar-refractivity contribution in [3.63, 3.8) is 0 Å². The van der Waals surface area contributed by atoms with Crippen LogP contribution in [0, 0.1) is 11.8 Å². The number of hydrogen-bond acceptors (Lipinski definition) is 1. The Balaban J connectivity index is 1.74. The van der Waals surface area contributed by atoms with Gasteiger partial charge in [-0.25, -0.2) is 0 Å². The number of rotatable bonds is 3. The SMILES string of the molecule is CC(C)=C[SiH2]OC1CC2CCC1C2. The number of fused-ring (bicyclic) bond motifs is 2. The molecule has 3 atom stereocenters. The van der Waals surface area contributed by atoms with Crippen LogP contribution in [0.15, 0.2) is 11.3 Å². The van der Waals surface area contributed by atoms with Gasteiger partial charge in [-0.3, -0.25) is 0 Å². The van der Waals surface area contributed by atoms with Crippen molar-refractivity contribution in [3.8, 4) is 0 Å². The van der Waals surface area contributed by atoms with Gasteiger partial charge in [-0.05, 0) is 51.4 Å². The van der Waals surface area contributed by atoms with E-state index in [9.17, 15) is 0 Å². The topological polar surface area (TPSA) is 9.23 Å². The molecule has 0 radical (unpaired) electrons. The molecule has 0 heterocycles. The van der Waals surface area contributed by atoms with Crippen LogP contribution >= 0.6 is 0 Å². The predicted molar refractivity (Wildman–Crippen MR) is 58.3 cm³/mol. The fourth-order valence-electron chi connectivity index (χ4n) is 2.73. The van der Waals surface area contributed by atoms with E-state index in [1.54, 1.807) is 0 Å². The van der Waals surface area contributed by atoms with E-state index in [1.807, 2.05) is 0 Å². The third kappa shape index (κ3) is 2.23. The van der Waals surface area contributed by atoms with Crippen LogP contribution in [0.4, 0.5) is 0 Å². The minimum Gasteiger partial charge on any atom is -0.416 e. The van der Waals surface area contributed by atoms with Crippen LogP contribution in [0.25, 0.3) is 0 Å². The Kier molecular flexibility index (Phi) is 2.89. The molecule has 2 aliphatic carbocycles. The highest BCUT2D eigenvalue weighted by atomic mass is 28.2. The Morgan fingerprint density at radius 1 is 1.31 bits per heavy atom. The lowest BCUT2D eigenvalue weighted by Crippen LogP contribution is -2.21. The molecule has 0 aliphatic heterocycles. The summed E-state index contributed by atoms with van der Waals surface area (Å²) in [5.41, 5.74) is 3.75. The second-order valence-corrected chi connectivity index (χ2v) is 5.90. The van der Waals surface area contributed by atoms with Crippen molar-refractivity contribution in [3.05, 3.63) is 11.3 Å². The standard InChI is InChI=1S/C11H20OSi/c1-8(2)7-13-12-11-6-9-3-4-10(11)5-9/h7,9-11H,3-6,13H2,1-2H3. The monoisotopic (exact) mass is 196 g/mol. The quantitative estimate of drug-likeness (QED) is 0.629. The summed E-state index contributed by atoms with van der Waals surface area (Å²) in [5, 5.41) is 0. The van der Waals surface area contributed by atoms with E-state index >= 15 is 0 Å². The molecule has 2 rings (SSSR count). The summed E-state index contributed by atoms with van der Waals surface area (Å²) < 4.78 is 6.01. The van der Waals surface area contributed by atoms with Gasteiger partial charge < -0.3 is 4.43 Å². The maximum Gasteiger partial charge on any atom is 0.185 e. The van der Waals surface area contributed by atoms with Crippen LogP contribution in [-0.2, 0) is 4.43 Å². The Labute approximate surface area is 83.5 Å². The lowest BCUT2D eigenvalue weighted by atomic mass is 9.98. The molecule has 0 aromatic carbocycles. The van der Waals surface area contributed by atoms with E-state index < -0.39 is 0 Å². The van der Waals surface area contributed by atoms with Gasteiger partial charge in [0.25, 0.3) is 0 Å². The molecule has 2 aliphatic rings. The number of allylic oxidation sites excluding steroid dienone is 1. The average Bonchev–Trinajstić information content (AvgIpc) is 2.64. The molecule has 1 nitrogen and oxygen atoms in total. The van der Waals surface area contributed by atoms with Gasteiger partial charge in [-0.15, -0.1) is 0 Å². The average molecular weight is 196 g/mol. The third-order valence-corrected chi connectivity index (χ3v) is 5.08. The van der Waals surface area contributed by atoms with Crippen molar-refractivity contribution in [2.75, 3.05) is 0 Å². The van der Waals surface area contributed by atoms with E-state index in [0.29, 0.717) is 6.10 Å². The van der Waals surface area contributed by atoms with E-state index in [0.717, 1.165) is 11.8 Å². The molecule has 2 saturated carbocycles. The molecule has 0 amide bonds. The van der Waals surface area contributed by atoms with Gasteiger partial charge >= 0.3 is 0 Å². The summed E-state index contributed by atoms with van der Waals surface area (Å²) >= 11 is 0. The molecule has 13 heavy (non-hydrogen) atoms. The molecule has 0 spiro atoms. The van der Waals surface area contributed by atoms with Crippen molar-refractivity contribution in [1.82, 2.24) is 0 Å². The van der Waals surface area contributed by atoms with Gasteiger partial charge in [0.2, 0.25) is 0 Å². The first-order chi connectivity index (χ1) is 6.25. The summed E-state index contributed by atoms with van der Waals surface area (Å²) in [6, 6.07) is 0. The van der Waals surface area contributed by atoms with Gasteiger partial charge in [0.15, 0.2) is 9.76 Å². The molecule has 0 saturated heterocycles. The van der Waals surface area contributed by atoms with Crippen molar-refractivity contribution < 1.29 is 4.43 Å². The second kappa shape index (κ2) is 3.97. The van der Waals surface area contributed by atoms with Crippen molar-refractivity contribution >= 4 is 9.76 Å². The maximum atomic E-state index is 6.01. The first-order valence-electron chi connectivity index (χ1n) is 5.50. The van der Waals surface area contributed by atoms with E-state index in [1.165, 1.54) is 31.3 Å². The van der Waals surface area contributed by atoms with E-state index in [2.05, 4.69) is 19.5 Å². The summed E-state index contributed by atoms with van der Waals surface area (Å²) in [7, 11) is -0.348. The first kappa shape index (κ1) is 9.47. The Morgan fingerprint density at radius 2 is 2.15 bits per heavy atom. The highest BCUT2D eigenvalue weighted by molar-refractivity contribution is 6.34. The molecule has 2 heteroatoms. The van der Waals surface area contributed by atoms with Crippen LogP contribution in [0.5, 0.6) is 0 Å². The van der Waals surface area contributed by atoms with Gasteiger partial charge in [-0.1, -0.05) is 11.3 Å². The Bertz CT molecular complexity index is 208. The highest BCUT2D eigenvalue weighted by Crippen LogP contribution is 2.45. The van der Waals surface area contributed by atoms with Gasteiger partial charge in [0.1, 0.15) is 0 Å². The zero-order valence-corrected chi connectivity index (χ0v) is 10.2. The van der Waals surface area contributed by atoms with Crippen molar-refractivity contribution in [1.29, 1.82) is 0 Å². The maximum absolute atomic E-state index is 6.01. The molecule has 0 aromatic heterocycles. The summed E-state index contributed by atoms with van der Waals surface area (Å²) in [4.78, 5) is 0. The summed E-state index contributed by atoms with van der Waals surface area (Å²) in [6.07, 6.45) is 6.41. The molecule has 3 unspecified atom stereocenters. The van der Waals surface area contributed by atoms with Gasteiger partial charge in [-0.2, -0.15) is 0 Å². The second-order valence-electron chi connectivity index (χ2n) is 4.83. The highest BCUT2D eigenvalue weighted by Gasteiger charge is 2.39. The third-order valence-electron chi connectivity index (χ3n) is 3.48. The first-order valence-corrected chi connectivity index (χ1v) is 6.90. The van der Waals surface area contributed by atoms with Crippen LogP contribution in [0.1, 0.15) is 39.5 Å². The molecule has 74 valence electrons. The predicted octanol–water partition coefficient (Wildman–Crippen LogP) is 2.20.